The summed E-state index contributed by atoms with van der Waals surface area (Å²) in [5.74, 6) is 0. The fourth-order valence-corrected chi connectivity index (χ4v) is 3.18. The summed E-state index contributed by atoms with van der Waals surface area (Å²) in [7, 11) is 2.25. The predicted molar refractivity (Wildman–Crippen MR) is 87.1 cm³/mol. The van der Waals surface area contributed by atoms with Gasteiger partial charge in [0.2, 0.25) is 0 Å². The van der Waals surface area contributed by atoms with Crippen LogP contribution in [0.15, 0.2) is 17.5 Å². The van der Waals surface area contributed by atoms with Crippen molar-refractivity contribution in [1.82, 2.24) is 10.2 Å². The van der Waals surface area contributed by atoms with Gasteiger partial charge in [0.05, 0.1) is 0 Å². The van der Waals surface area contributed by atoms with Crippen LogP contribution in [0.4, 0.5) is 0 Å². The van der Waals surface area contributed by atoms with Crippen molar-refractivity contribution in [3.05, 3.63) is 22.4 Å². The van der Waals surface area contributed by atoms with Gasteiger partial charge < -0.3 is 5.32 Å². The second-order valence-corrected chi connectivity index (χ2v) is 6.60. The van der Waals surface area contributed by atoms with Crippen LogP contribution in [-0.2, 0) is 6.42 Å². The zero-order valence-electron chi connectivity index (χ0n) is 13.1. The van der Waals surface area contributed by atoms with Gasteiger partial charge in [-0.05, 0) is 51.6 Å². The van der Waals surface area contributed by atoms with E-state index in [-0.39, 0.29) is 0 Å². The SMILES string of the molecule is CCC(CC)NCC(C)N(C)C(C)Cc1cccs1. The Bertz CT molecular complexity index is 319. The lowest BCUT2D eigenvalue weighted by Crippen LogP contribution is -2.45. The van der Waals surface area contributed by atoms with Gasteiger partial charge in [0.1, 0.15) is 0 Å². The second kappa shape index (κ2) is 8.72. The first-order valence-electron chi connectivity index (χ1n) is 7.56. The molecule has 0 aromatic carbocycles. The van der Waals surface area contributed by atoms with Crippen LogP contribution in [0, 0.1) is 0 Å². The molecule has 0 spiro atoms. The van der Waals surface area contributed by atoms with Crippen LogP contribution in [0.3, 0.4) is 0 Å². The van der Waals surface area contributed by atoms with E-state index < -0.39 is 0 Å². The van der Waals surface area contributed by atoms with Crippen molar-refractivity contribution in [2.45, 2.75) is 65.1 Å². The van der Waals surface area contributed by atoms with E-state index in [1.54, 1.807) is 0 Å². The first-order chi connectivity index (χ1) is 9.08. The summed E-state index contributed by atoms with van der Waals surface area (Å²) < 4.78 is 0. The van der Waals surface area contributed by atoms with E-state index in [1.807, 2.05) is 11.3 Å². The molecule has 1 heterocycles. The van der Waals surface area contributed by atoms with Crippen molar-refractivity contribution in [3.63, 3.8) is 0 Å². The normalized spacial score (nSPS) is 15.1. The molecule has 0 fully saturated rings. The number of hydrogen-bond acceptors (Lipinski definition) is 3. The molecule has 3 heteroatoms. The van der Waals surface area contributed by atoms with Gasteiger partial charge in [-0.15, -0.1) is 11.3 Å². The van der Waals surface area contributed by atoms with Crippen molar-refractivity contribution < 1.29 is 0 Å². The van der Waals surface area contributed by atoms with Gasteiger partial charge in [0.15, 0.2) is 0 Å². The molecule has 0 saturated carbocycles. The minimum atomic E-state index is 0.579. The molecule has 110 valence electrons. The highest BCUT2D eigenvalue weighted by Crippen LogP contribution is 2.14. The Hall–Kier alpha value is -0.380. The van der Waals surface area contributed by atoms with Gasteiger partial charge >= 0.3 is 0 Å². The third-order valence-corrected chi connectivity index (χ3v) is 5.05. The Morgan fingerprint density at radius 3 is 2.42 bits per heavy atom. The molecular formula is C16H30N2S. The van der Waals surface area contributed by atoms with Crippen molar-refractivity contribution in [3.8, 4) is 0 Å². The van der Waals surface area contributed by atoms with Crippen LogP contribution < -0.4 is 5.32 Å². The van der Waals surface area contributed by atoms with Crippen molar-refractivity contribution >= 4 is 11.3 Å². The van der Waals surface area contributed by atoms with Gasteiger partial charge in [0, 0.05) is 29.5 Å². The average molecular weight is 282 g/mol. The molecule has 0 aliphatic carbocycles. The standard InChI is InChI=1S/C16H30N2S/c1-6-15(7-2)17-12-14(4)18(5)13(3)11-16-9-8-10-19-16/h8-10,13-15,17H,6-7,11-12H2,1-5H3. The molecule has 0 saturated heterocycles. The Morgan fingerprint density at radius 2 is 1.89 bits per heavy atom. The fraction of sp³-hybridized carbons (Fsp3) is 0.750. The molecule has 0 amide bonds. The van der Waals surface area contributed by atoms with Crippen LogP contribution in [0.5, 0.6) is 0 Å². The topological polar surface area (TPSA) is 15.3 Å². The maximum absolute atomic E-state index is 3.67. The summed E-state index contributed by atoms with van der Waals surface area (Å²) in [4.78, 5) is 3.98. The molecule has 0 bridgehead atoms. The van der Waals surface area contributed by atoms with Gasteiger partial charge in [-0.1, -0.05) is 19.9 Å². The molecule has 1 aromatic rings. The minimum absolute atomic E-state index is 0.579. The Labute approximate surface area is 123 Å². The first kappa shape index (κ1) is 16.7. The molecular weight excluding hydrogens is 252 g/mol. The lowest BCUT2D eigenvalue weighted by atomic mass is 10.1. The monoisotopic (exact) mass is 282 g/mol. The molecule has 1 rings (SSSR count). The second-order valence-electron chi connectivity index (χ2n) is 5.57. The van der Waals surface area contributed by atoms with E-state index in [0.717, 1.165) is 13.0 Å². The number of nitrogens with zero attached hydrogens (tertiary/aromatic N) is 1. The molecule has 0 aliphatic heterocycles. The molecule has 19 heavy (non-hydrogen) atoms. The smallest absolute Gasteiger partial charge is 0.0192 e. The zero-order chi connectivity index (χ0) is 14.3. The summed E-state index contributed by atoms with van der Waals surface area (Å²) in [5, 5.41) is 5.84. The van der Waals surface area contributed by atoms with Crippen LogP contribution >= 0.6 is 11.3 Å². The third-order valence-electron chi connectivity index (χ3n) is 4.15. The van der Waals surface area contributed by atoms with E-state index in [0.29, 0.717) is 18.1 Å². The van der Waals surface area contributed by atoms with E-state index in [2.05, 4.69) is 62.5 Å². The molecule has 2 nitrogen and oxygen atoms in total. The molecule has 0 radical (unpaired) electrons. The molecule has 2 unspecified atom stereocenters. The van der Waals surface area contributed by atoms with Gasteiger partial charge in [-0.3, -0.25) is 4.90 Å². The minimum Gasteiger partial charge on any atom is -0.312 e. The summed E-state index contributed by atoms with van der Waals surface area (Å²) in [6.45, 7) is 10.2. The molecule has 0 aliphatic rings. The number of nitrogens with one attached hydrogen (secondary N) is 1. The largest absolute Gasteiger partial charge is 0.312 e. The van der Waals surface area contributed by atoms with Crippen molar-refractivity contribution in [1.29, 1.82) is 0 Å². The summed E-state index contributed by atoms with van der Waals surface area (Å²) in [5.41, 5.74) is 0. The Morgan fingerprint density at radius 1 is 1.21 bits per heavy atom. The van der Waals surface area contributed by atoms with Crippen molar-refractivity contribution in [2.24, 2.45) is 0 Å². The van der Waals surface area contributed by atoms with Crippen LogP contribution in [0.1, 0.15) is 45.4 Å². The number of hydrogen-bond donors (Lipinski definition) is 1. The average Bonchev–Trinajstić information content (AvgIpc) is 2.91. The maximum atomic E-state index is 3.67. The summed E-state index contributed by atoms with van der Waals surface area (Å²) >= 11 is 1.86. The third kappa shape index (κ3) is 5.64. The molecule has 1 N–H and O–H groups in total. The highest BCUT2D eigenvalue weighted by atomic mass is 32.1. The lowest BCUT2D eigenvalue weighted by molar-refractivity contribution is 0.187. The van der Waals surface area contributed by atoms with E-state index >= 15 is 0 Å². The van der Waals surface area contributed by atoms with Gasteiger partial charge in [-0.2, -0.15) is 0 Å². The zero-order valence-corrected chi connectivity index (χ0v) is 14.0. The number of likely N-dealkylation sites (N-methyl/N-ethyl adjacent to an activating group) is 1. The van der Waals surface area contributed by atoms with Gasteiger partial charge in [0.25, 0.3) is 0 Å². The Balaban J connectivity index is 2.36. The van der Waals surface area contributed by atoms with Crippen LogP contribution in [0.2, 0.25) is 0 Å². The molecule has 1 aromatic heterocycles. The van der Waals surface area contributed by atoms with E-state index in [9.17, 15) is 0 Å². The quantitative estimate of drug-likeness (QED) is 0.741. The molecule has 2 atom stereocenters. The highest BCUT2D eigenvalue weighted by Gasteiger charge is 2.17. The van der Waals surface area contributed by atoms with Crippen LogP contribution in [-0.4, -0.2) is 36.6 Å². The summed E-state index contributed by atoms with van der Waals surface area (Å²) in [6.07, 6.45) is 3.60. The van der Waals surface area contributed by atoms with Crippen LogP contribution in [0.25, 0.3) is 0 Å². The summed E-state index contributed by atoms with van der Waals surface area (Å²) in [6, 6.07) is 6.23. The van der Waals surface area contributed by atoms with E-state index in [1.165, 1.54) is 17.7 Å². The first-order valence-corrected chi connectivity index (χ1v) is 8.44. The Kier molecular flexibility index (Phi) is 7.66. The number of rotatable bonds is 9. The fourth-order valence-electron chi connectivity index (χ4n) is 2.36. The highest BCUT2D eigenvalue weighted by molar-refractivity contribution is 7.09. The maximum Gasteiger partial charge on any atom is 0.0192 e. The van der Waals surface area contributed by atoms with Crippen molar-refractivity contribution in [2.75, 3.05) is 13.6 Å². The lowest BCUT2D eigenvalue weighted by Gasteiger charge is -2.32. The number of thiophene rings is 1. The van der Waals surface area contributed by atoms with Gasteiger partial charge in [-0.25, -0.2) is 0 Å². The predicted octanol–water partition coefficient (Wildman–Crippen LogP) is 3.78. The van der Waals surface area contributed by atoms with E-state index in [4.69, 9.17) is 0 Å².